The average molecular weight is 143 g/mol. The van der Waals surface area contributed by atoms with Gasteiger partial charge in [-0.05, 0) is 5.92 Å². The first-order valence-electron chi connectivity index (χ1n) is 3.08. The third kappa shape index (κ3) is 2.46. The Morgan fingerprint density at radius 3 is 2.33 bits per heavy atom. The summed E-state index contributed by atoms with van der Waals surface area (Å²) in [5.41, 5.74) is 5.27. The van der Waals surface area contributed by atoms with Gasteiger partial charge in [0, 0.05) is 0 Å². The third-order valence-electron chi connectivity index (χ3n) is 1.54. The summed E-state index contributed by atoms with van der Waals surface area (Å²) in [4.78, 5) is 10.2. The van der Waals surface area contributed by atoms with Crippen LogP contribution in [0.4, 0.5) is 0 Å². The number of hydrogen-bond acceptors (Lipinski definition) is 2. The second-order valence-electron chi connectivity index (χ2n) is 2.25. The van der Waals surface area contributed by atoms with Crippen molar-refractivity contribution in [2.24, 2.45) is 11.7 Å². The van der Waals surface area contributed by atoms with Crippen LogP contribution in [0.2, 0.25) is 0 Å². The van der Waals surface area contributed by atoms with Gasteiger partial charge >= 0.3 is 5.97 Å². The first-order chi connectivity index (χ1) is 4.09. The SMILES string of the molecule is [14CH3][14CH2][14C@H]([14CH3])[14C@H](N)[14C](=O)O. The predicted octanol–water partition coefficient (Wildman–Crippen LogP) is 0.444. The molecule has 0 radical (unpaired) electrons. The molecule has 3 nitrogen and oxygen atoms in total. The maximum atomic E-state index is 10.2. The number of rotatable bonds is 3. The molecule has 0 rings (SSSR count). The lowest BCUT2D eigenvalue weighted by Gasteiger charge is -2.11. The van der Waals surface area contributed by atoms with E-state index in [2.05, 4.69) is 0 Å². The van der Waals surface area contributed by atoms with Crippen molar-refractivity contribution < 1.29 is 9.90 Å². The van der Waals surface area contributed by atoms with E-state index in [1.807, 2.05) is 13.8 Å². The van der Waals surface area contributed by atoms with Crippen LogP contribution in [-0.2, 0) is 4.79 Å². The van der Waals surface area contributed by atoms with Crippen molar-refractivity contribution in [2.75, 3.05) is 0 Å². The fraction of sp³-hybridized carbons (Fsp3) is 0.833. The Morgan fingerprint density at radius 2 is 2.22 bits per heavy atom. The van der Waals surface area contributed by atoms with Crippen LogP contribution in [-0.4, -0.2) is 17.1 Å². The Kier molecular flexibility index (Phi) is 3.24. The molecule has 9 heavy (non-hydrogen) atoms. The molecule has 0 aromatic heterocycles. The van der Waals surface area contributed by atoms with Gasteiger partial charge in [0.15, 0.2) is 0 Å². The zero-order valence-corrected chi connectivity index (χ0v) is 5.79. The third-order valence-corrected chi connectivity index (χ3v) is 1.54. The van der Waals surface area contributed by atoms with Crippen LogP contribution in [0.1, 0.15) is 20.3 Å². The molecule has 0 spiro atoms. The minimum atomic E-state index is -0.913. The number of hydrogen-bond donors (Lipinski definition) is 2. The Labute approximate surface area is 54.9 Å². The van der Waals surface area contributed by atoms with Crippen molar-refractivity contribution in [2.45, 2.75) is 26.3 Å². The lowest BCUT2D eigenvalue weighted by atomic mass is 11.9. The molecule has 0 fully saturated rings. The Balaban J connectivity index is 3.72. The first kappa shape index (κ1) is 8.43. The summed E-state index contributed by atoms with van der Waals surface area (Å²) < 4.78 is 0. The summed E-state index contributed by atoms with van der Waals surface area (Å²) in [6.45, 7) is 3.76. The summed E-state index contributed by atoms with van der Waals surface area (Å²) in [7, 11) is 0. The Bertz CT molecular complexity index is 103. The van der Waals surface area contributed by atoms with Crippen molar-refractivity contribution in [1.82, 2.24) is 0 Å². The summed E-state index contributed by atoms with van der Waals surface area (Å²) in [5, 5.41) is 8.36. The topological polar surface area (TPSA) is 63.3 Å². The smallest absolute Gasteiger partial charge is 0.320 e. The minimum Gasteiger partial charge on any atom is -0.480 e. The molecule has 0 unspecified atom stereocenters. The molecule has 0 saturated heterocycles. The van der Waals surface area contributed by atoms with Gasteiger partial charge in [0.1, 0.15) is 6.04 Å². The van der Waals surface area contributed by atoms with E-state index in [-0.39, 0.29) is 5.92 Å². The van der Waals surface area contributed by atoms with Crippen LogP contribution in [0.25, 0.3) is 0 Å². The van der Waals surface area contributed by atoms with Crippen LogP contribution in [0.15, 0.2) is 0 Å². The number of aliphatic carboxylic acids is 1. The van der Waals surface area contributed by atoms with Gasteiger partial charge < -0.3 is 10.8 Å². The second-order valence-corrected chi connectivity index (χ2v) is 2.25. The van der Waals surface area contributed by atoms with Crippen LogP contribution in [0.5, 0.6) is 0 Å². The molecule has 0 amide bonds. The number of carboxylic acid groups (broad SMARTS) is 1. The largest absolute Gasteiger partial charge is 0.480 e. The fourth-order valence-corrected chi connectivity index (χ4v) is 0.497. The maximum Gasteiger partial charge on any atom is 0.320 e. The van der Waals surface area contributed by atoms with E-state index in [0.717, 1.165) is 6.42 Å². The summed E-state index contributed by atoms with van der Waals surface area (Å²) in [6, 6.07) is -0.699. The zero-order chi connectivity index (χ0) is 7.44. The highest BCUT2D eigenvalue weighted by Gasteiger charge is 2.17. The molecule has 54 valence electrons. The molecule has 3 heteroatoms. The standard InChI is InChI=1S/C6H13NO2/c1-3-4(2)5(7)6(8)9/h4-5H,3,7H2,1-2H3,(H,8,9)/t4-,5-/m0/s1/i1+2,2+2,3+2,4+2,5+2,6+2. The van der Waals surface area contributed by atoms with E-state index in [0.29, 0.717) is 0 Å². The van der Waals surface area contributed by atoms with Gasteiger partial charge in [-0.1, -0.05) is 20.3 Å². The lowest BCUT2D eigenvalue weighted by Crippen LogP contribution is -2.36. The van der Waals surface area contributed by atoms with E-state index < -0.39 is 12.0 Å². The highest BCUT2D eigenvalue weighted by atomic mass is 16.7. The predicted molar refractivity (Wildman–Crippen MR) is 35.1 cm³/mol. The summed E-state index contributed by atoms with van der Waals surface area (Å²) in [5.74, 6) is -0.841. The van der Waals surface area contributed by atoms with Crippen molar-refractivity contribution in [3.05, 3.63) is 0 Å². The van der Waals surface area contributed by atoms with E-state index in [9.17, 15) is 4.79 Å². The van der Waals surface area contributed by atoms with Gasteiger partial charge in [-0.15, -0.1) is 0 Å². The van der Waals surface area contributed by atoms with Gasteiger partial charge in [0.05, 0.1) is 0 Å². The number of nitrogens with two attached hydrogens (primary N) is 1. The normalized spacial score (nSPS) is 16.8. The quantitative estimate of drug-likeness (QED) is 0.602. The molecular formula is C6H13NO2. The molecular weight excluding hydrogens is 130 g/mol. The van der Waals surface area contributed by atoms with Gasteiger partial charge in [-0.2, -0.15) is 0 Å². The van der Waals surface area contributed by atoms with Crippen molar-refractivity contribution in [3.63, 3.8) is 0 Å². The highest BCUT2D eigenvalue weighted by Crippen LogP contribution is 2.04. The summed E-state index contributed by atoms with van der Waals surface area (Å²) >= 11 is 0. The summed E-state index contributed by atoms with van der Waals surface area (Å²) in [6.07, 6.45) is 0.813. The molecule has 0 aliphatic rings. The van der Waals surface area contributed by atoms with Crippen LogP contribution in [0.3, 0.4) is 0 Å². The molecule has 0 aliphatic heterocycles. The highest BCUT2D eigenvalue weighted by molar-refractivity contribution is 5.73. The molecule has 0 saturated carbocycles. The average Bonchev–Trinajstić information content (AvgIpc) is 1.84. The molecule has 0 bridgehead atoms. The monoisotopic (exact) mass is 143 g/mol. The lowest BCUT2D eigenvalue weighted by molar-refractivity contribution is -0.139. The minimum absolute atomic E-state index is 0.0718. The van der Waals surface area contributed by atoms with Crippen LogP contribution < -0.4 is 5.73 Å². The molecule has 0 aromatic rings. The second kappa shape index (κ2) is 3.45. The first-order valence-corrected chi connectivity index (χ1v) is 3.08. The Morgan fingerprint density at radius 1 is 1.78 bits per heavy atom. The molecule has 0 aliphatic carbocycles. The van der Waals surface area contributed by atoms with E-state index in [1.54, 1.807) is 0 Å². The van der Waals surface area contributed by atoms with Crippen molar-refractivity contribution in [1.29, 1.82) is 0 Å². The number of carboxylic acids is 1. The van der Waals surface area contributed by atoms with Crippen LogP contribution in [0, 0.1) is 5.92 Å². The molecule has 0 heterocycles. The van der Waals surface area contributed by atoms with E-state index in [1.165, 1.54) is 0 Å². The van der Waals surface area contributed by atoms with E-state index >= 15 is 0 Å². The molecule has 3 N–H and O–H groups in total. The van der Waals surface area contributed by atoms with Crippen LogP contribution >= 0.6 is 0 Å². The van der Waals surface area contributed by atoms with Gasteiger partial charge in [-0.25, -0.2) is 0 Å². The van der Waals surface area contributed by atoms with Gasteiger partial charge in [0.2, 0.25) is 0 Å². The van der Waals surface area contributed by atoms with Gasteiger partial charge in [-0.3, -0.25) is 4.79 Å². The maximum absolute atomic E-state index is 10.2. The Hall–Kier alpha value is -0.570. The van der Waals surface area contributed by atoms with E-state index in [4.69, 9.17) is 10.8 Å². The number of carbonyl (C=O) groups is 1. The molecule has 2 atom stereocenters. The van der Waals surface area contributed by atoms with Crippen molar-refractivity contribution in [3.8, 4) is 0 Å². The molecule has 0 aromatic carbocycles. The van der Waals surface area contributed by atoms with Crippen molar-refractivity contribution >= 4 is 5.97 Å². The zero-order valence-electron chi connectivity index (χ0n) is 5.79. The fourth-order valence-electron chi connectivity index (χ4n) is 0.497. The van der Waals surface area contributed by atoms with Gasteiger partial charge in [0.25, 0.3) is 0 Å².